The molecule has 1 aliphatic heterocycles. The number of fused-ring (bicyclic) bond motifs is 1. The highest BCUT2D eigenvalue weighted by Gasteiger charge is 2.24. The van der Waals surface area contributed by atoms with Crippen molar-refractivity contribution in [1.82, 2.24) is 0 Å². The third-order valence-electron chi connectivity index (χ3n) is 3.37. The van der Waals surface area contributed by atoms with Crippen LogP contribution in [-0.4, -0.2) is 12.5 Å². The smallest absolute Gasteiger partial charge is 0.251 e. The van der Waals surface area contributed by atoms with E-state index in [2.05, 4.69) is 0 Å². The summed E-state index contributed by atoms with van der Waals surface area (Å²) in [5.74, 6) is 0.0264. The van der Waals surface area contributed by atoms with Gasteiger partial charge in [0.2, 0.25) is 0 Å². The summed E-state index contributed by atoms with van der Waals surface area (Å²) >= 11 is 0. The number of carbonyl (C=O) groups is 1. The lowest BCUT2D eigenvalue weighted by Gasteiger charge is -2.28. The van der Waals surface area contributed by atoms with E-state index in [1.807, 2.05) is 6.07 Å². The van der Waals surface area contributed by atoms with Gasteiger partial charge in [0.1, 0.15) is 11.6 Å². The number of furan rings is 1. The quantitative estimate of drug-likeness (QED) is 0.784. The molecule has 1 aliphatic rings. The average Bonchev–Trinajstić information content (AvgIpc) is 2.98. The van der Waals surface area contributed by atoms with Crippen molar-refractivity contribution in [3.8, 4) is 0 Å². The third-order valence-corrected chi connectivity index (χ3v) is 3.37. The fourth-order valence-corrected chi connectivity index (χ4v) is 2.45. The molecule has 2 aromatic rings. The molecule has 0 fully saturated rings. The fraction of sp³-hybridized carbons (Fsp3) is 0.188. The lowest BCUT2D eigenvalue weighted by atomic mass is 10.0. The van der Waals surface area contributed by atoms with Gasteiger partial charge in [0, 0.05) is 12.6 Å². The first kappa shape index (κ1) is 12.7. The van der Waals surface area contributed by atoms with E-state index in [1.54, 1.807) is 30.5 Å². The zero-order valence-corrected chi connectivity index (χ0v) is 10.9. The van der Waals surface area contributed by atoms with E-state index < -0.39 is 0 Å². The van der Waals surface area contributed by atoms with Gasteiger partial charge in [-0.05, 0) is 42.7 Å². The zero-order valence-electron chi connectivity index (χ0n) is 10.9. The maximum Gasteiger partial charge on any atom is 0.251 e. The molecule has 0 bridgehead atoms. The van der Waals surface area contributed by atoms with Gasteiger partial charge in [-0.25, -0.2) is 4.39 Å². The lowest BCUT2D eigenvalue weighted by molar-refractivity contribution is -0.114. The molecule has 0 radical (unpaired) electrons. The van der Waals surface area contributed by atoms with Gasteiger partial charge in [-0.15, -0.1) is 0 Å². The molecule has 20 heavy (non-hydrogen) atoms. The molecule has 2 heterocycles. The van der Waals surface area contributed by atoms with Gasteiger partial charge in [-0.3, -0.25) is 4.79 Å². The topological polar surface area (TPSA) is 33.5 Å². The second-order valence-corrected chi connectivity index (χ2v) is 4.69. The van der Waals surface area contributed by atoms with Gasteiger partial charge >= 0.3 is 0 Å². The maximum atomic E-state index is 14.0. The molecule has 0 N–H and O–H groups in total. The summed E-state index contributed by atoms with van der Waals surface area (Å²) in [7, 11) is 0. The molecule has 3 nitrogen and oxygen atoms in total. The summed E-state index contributed by atoms with van der Waals surface area (Å²) in [5.41, 5.74) is 1.30. The van der Waals surface area contributed by atoms with Gasteiger partial charge in [0.15, 0.2) is 0 Å². The molecule has 0 atom stereocenters. The number of anilines is 1. The van der Waals surface area contributed by atoms with Crippen LogP contribution in [0, 0.1) is 5.82 Å². The van der Waals surface area contributed by atoms with Crippen molar-refractivity contribution in [3.63, 3.8) is 0 Å². The molecule has 0 aliphatic carbocycles. The van der Waals surface area contributed by atoms with Crippen LogP contribution in [0.15, 0.2) is 47.1 Å². The predicted molar refractivity (Wildman–Crippen MR) is 74.8 cm³/mol. The highest BCUT2D eigenvalue weighted by molar-refractivity contribution is 6.04. The van der Waals surface area contributed by atoms with E-state index >= 15 is 0 Å². The molecule has 0 spiro atoms. The Hall–Kier alpha value is -2.36. The monoisotopic (exact) mass is 271 g/mol. The number of aryl methyl sites for hydroxylation is 1. The van der Waals surface area contributed by atoms with Crippen LogP contribution in [0.3, 0.4) is 0 Å². The normalized spacial score (nSPS) is 14.6. The average molecular weight is 271 g/mol. The van der Waals surface area contributed by atoms with Crippen LogP contribution in [0.4, 0.5) is 10.1 Å². The number of nitrogens with zero attached hydrogens (tertiary/aromatic N) is 1. The van der Waals surface area contributed by atoms with E-state index in [0.29, 0.717) is 18.0 Å². The number of rotatable bonds is 2. The van der Waals surface area contributed by atoms with E-state index in [0.717, 1.165) is 18.4 Å². The lowest BCUT2D eigenvalue weighted by Crippen LogP contribution is -2.35. The number of amides is 1. The second kappa shape index (κ2) is 5.33. The number of carbonyl (C=O) groups excluding carboxylic acids is 1. The van der Waals surface area contributed by atoms with Crippen LogP contribution in [0.2, 0.25) is 0 Å². The molecular weight excluding hydrogens is 257 g/mol. The van der Waals surface area contributed by atoms with Crippen molar-refractivity contribution in [2.75, 3.05) is 11.4 Å². The minimum absolute atomic E-state index is 0.229. The Morgan fingerprint density at radius 1 is 1.30 bits per heavy atom. The molecule has 1 aromatic carbocycles. The van der Waals surface area contributed by atoms with Crippen LogP contribution < -0.4 is 4.90 Å². The van der Waals surface area contributed by atoms with Gasteiger partial charge in [-0.1, -0.05) is 12.1 Å². The van der Waals surface area contributed by atoms with Crippen LogP contribution in [0.5, 0.6) is 0 Å². The van der Waals surface area contributed by atoms with Crippen molar-refractivity contribution < 1.29 is 13.6 Å². The first-order valence-electron chi connectivity index (χ1n) is 6.56. The van der Waals surface area contributed by atoms with Gasteiger partial charge < -0.3 is 9.32 Å². The SMILES string of the molecule is O=C(/C=C/c1ccco1)N1CCCc2cccc(F)c21. The number of para-hydroxylation sites is 1. The molecule has 4 heteroatoms. The summed E-state index contributed by atoms with van der Waals surface area (Å²) in [6.45, 7) is 0.537. The van der Waals surface area contributed by atoms with Gasteiger partial charge in [-0.2, -0.15) is 0 Å². The first-order valence-corrected chi connectivity index (χ1v) is 6.56. The zero-order chi connectivity index (χ0) is 13.9. The van der Waals surface area contributed by atoms with Crippen molar-refractivity contribution in [2.45, 2.75) is 12.8 Å². The Labute approximate surface area is 116 Å². The van der Waals surface area contributed by atoms with Crippen LogP contribution in [0.1, 0.15) is 17.7 Å². The molecule has 0 saturated heterocycles. The Bertz CT molecular complexity index is 647. The highest BCUT2D eigenvalue weighted by atomic mass is 19.1. The number of halogens is 1. The van der Waals surface area contributed by atoms with Crippen LogP contribution in [0.25, 0.3) is 6.08 Å². The Morgan fingerprint density at radius 3 is 3.00 bits per heavy atom. The molecular formula is C16H14FNO2. The predicted octanol–water partition coefficient (Wildman–Crippen LogP) is 3.41. The van der Waals surface area contributed by atoms with E-state index in [-0.39, 0.29) is 11.7 Å². The van der Waals surface area contributed by atoms with Crippen molar-refractivity contribution in [1.29, 1.82) is 0 Å². The highest BCUT2D eigenvalue weighted by Crippen LogP contribution is 2.30. The molecule has 3 rings (SSSR count). The summed E-state index contributed by atoms with van der Waals surface area (Å²) in [6, 6.07) is 8.45. The standard InChI is InChI=1S/C16H14FNO2/c17-14-7-1-4-12-5-2-10-18(16(12)14)15(19)9-8-13-6-3-11-20-13/h1,3-4,6-9,11H,2,5,10H2/b9-8+. The minimum Gasteiger partial charge on any atom is -0.465 e. The van der Waals surface area contributed by atoms with Gasteiger partial charge in [0.05, 0.1) is 12.0 Å². The Kier molecular flexibility index (Phi) is 3.37. The number of hydrogen-bond acceptors (Lipinski definition) is 2. The summed E-state index contributed by atoms with van der Waals surface area (Å²) in [6.07, 6.45) is 6.20. The fourth-order valence-electron chi connectivity index (χ4n) is 2.45. The second-order valence-electron chi connectivity index (χ2n) is 4.69. The van der Waals surface area contributed by atoms with Crippen LogP contribution in [-0.2, 0) is 11.2 Å². The number of benzene rings is 1. The maximum absolute atomic E-state index is 14.0. The van der Waals surface area contributed by atoms with E-state index in [9.17, 15) is 9.18 Å². The minimum atomic E-state index is -0.345. The Morgan fingerprint density at radius 2 is 2.20 bits per heavy atom. The molecule has 1 aromatic heterocycles. The van der Waals surface area contributed by atoms with Crippen molar-refractivity contribution in [2.24, 2.45) is 0 Å². The molecule has 0 unspecified atom stereocenters. The molecule has 1 amide bonds. The molecule has 102 valence electrons. The summed E-state index contributed by atoms with van der Waals surface area (Å²) in [4.78, 5) is 13.7. The number of hydrogen-bond donors (Lipinski definition) is 0. The first-order chi connectivity index (χ1) is 9.75. The largest absolute Gasteiger partial charge is 0.465 e. The van der Waals surface area contributed by atoms with Crippen LogP contribution >= 0.6 is 0 Å². The molecule has 0 saturated carbocycles. The third kappa shape index (κ3) is 2.37. The summed E-state index contributed by atoms with van der Waals surface area (Å²) in [5, 5.41) is 0. The van der Waals surface area contributed by atoms with Crippen molar-refractivity contribution in [3.05, 3.63) is 59.8 Å². The summed E-state index contributed by atoms with van der Waals surface area (Å²) < 4.78 is 19.1. The van der Waals surface area contributed by atoms with E-state index in [4.69, 9.17) is 4.42 Å². The Balaban J connectivity index is 1.87. The van der Waals surface area contributed by atoms with E-state index in [1.165, 1.54) is 17.0 Å². The van der Waals surface area contributed by atoms with Crippen molar-refractivity contribution >= 4 is 17.7 Å². The van der Waals surface area contributed by atoms with Gasteiger partial charge in [0.25, 0.3) is 5.91 Å².